The van der Waals surface area contributed by atoms with Crippen LogP contribution in [-0.4, -0.2) is 30.1 Å². The van der Waals surface area contributed by atoms with Gasteiger partial charge in [0.15, 0.2) is 11.5 Å². The summed E-state index contributed by atoms with van der Waals surface area (Å²) in [6.07, 6.45) is 0.414. The Kier molecular flexibility index (Phi) is 8.43. The zero-order chi connectivity index (χ0) is 25.2. The van der Waals surface area contributed by atoms with Crippen molar-refractivity contribution in [2.75, 3.05) is 12.4 Å². The van der Waals surface area contributed by atoms with Crippen LogP contribution in [0.15, 0.2) is 71.8 Å². The zero-order valence-electron chi connectivity index (χ0n) is 18.6. The van der Waals surface area contributed by atoms with Crippen molar-refractivity contribution in [1.82, 2.24) is 5.43 Å². The number of halogens is 1. The Balaban J connectivity index is 1.66. The van der Waals surface area contributed by atoms with Crippen LogP contribution >= 0.6 is 0 Å². The summed E-state index contributed by atoms with van der Waals surface area (Å²) in [5.41, 5.74) is 2.62. The van der Waals surface area contributed by atoms with Crippen molar-refractivity contribution >= 4 is 29.4 Å². The largest absolute Gasteiger partial charge is 0.493 e. The number of nitro benzene ring substituents is 1. The van der Waals surface area contributed by atoms with E-state index in [0.717, 1.165) is 11.8 Å². The number of carbonyl (C=O) groups excluding carboxylic acids is 2. The molecule has 0 fully saturated rings. The highest BCUT2D eigenvalue weighted by molar-refractivity contribution is 6.03. The predicted octanol–water partition coefficient (Wildman–Crippen LogP) is 3.80. The highest BCUT2D eigenvalue weighted by Gasteiger charge is 2.19. The van der Waals surface area contributed by atoms with Gasteiger partial charge in [-0.05, 0) is 23.8 Å². The molecule has 10 nitrogen and oxygen atoms in total. The first-order chi connectivity index (χ1) is 16.9. The number of nitrogens with zero attached hydrogens (tertiary/aromatic N) is 2. The van der Waals surface area contributed by atoms with Gasteiger partial charge in [0.2, 0.25) is 11.8 Å². The summed E-state index contributed by atoms with van der Waals surface area (Å²) in [4.78, 5) is 34.8. The van der Waals surface area contributed by atoms with Crippen LogP contribution in [0.4, 0.5) is 15.8 Å². The number of carbonyl (C=O) groups is 2. The molecule has 0 aliphatic rings. The van der Waals surface area contributed by atoms with Crippen LogP contribution in [0.2, 0.25) is 0 Å². The number of benzene rings is 3. The van der Waals surface area contributed by atoms with Crippen molar-refractivity contribution in [3.63, 3.8) is 0 Å². The maximum absolute atomic E-state index is 13.6. The van der Waals surface area contributed by atoms with Crippen molar-refractivity contribution in [3.8, 4) is 11.5 Å². The van der Waals surface area contributed by atoms with Gasteiger partial charge in [0.05, 0.1) is 35.6 Å². The number of rotatable bonds is 10. The molecule has 0 spiro atoms. The fourth-order valence-electron chi connectivity index (χ4n) is 2.95. The molecule has 0 aromatic heterocycles. The van der Waals surface area contributed by atoms with Gasteiger partial charge in [0, 0.05) is 0 Å². The lowest BCUT2D eigenvalue weighted by molar-refractivity contribution is -0.385. The van der Waals surface area contributed by atoms with E-state index in [-0.39, 0.29) is 35.0 Å². The van der Waals surface area contributed by atoms with Crippen molar-refractivity contribution in [2.45, 2.75) is 13.0 Å². The summed E-state index contributed by atoms with van der Waals surface area (Å²) < 4.78 is 24.6. The molecule has 2 N–H and O–H groups in total. The minimum absolute atomic E-state index is 0.0371. The first kappa shape index (κ1) is 24.8. The average molecular weight is 480 g/mol. The molecule has 0 saturated carbocycles. The molecule has 11 heteroatoms. The quantitative estimate of drug-likeness (QED) is 0.196. The number of methoxy groups -OCH3 is 1. The molecule has 180 valence electrons. The molecule has 3 rings (SSSR count). The molecule has 2 amide bonds. The molecule has 0 bridgehead atoms. The number of anilines is 1. The molecule has 0 aliphatic heterocycles. The van der Waals surface area contributed by atoms with E-state index in [9.17, 15) is 24.1 Å². The average Bonchev–Trinajstić information content (AvgIpc) is 2.84. The fraction of sp³-hybridized carbons (Fsp3) is 0.125. The van der Waals surface area contributed by atoms with Crippen molar-refractivity contribution in [1.29, 1.82) is 0 Å². The van der Waals surface area contributed by atoms with Crippen LogP contribution in [0.5, 0.6) is 11.5 Å². The molecular weight excluding hydrogens is 459 g/mol. The molecule has 3 aromatic rings. The Morgan fingerprint density at radius 3 is 2.46 bits per heavy atom. The molecule has 0 heterocycles. The monoisotopic (exact) mass is 480 g/mol. The van der Waals surface area contributed by atoms with E-state index in [2.05, 4.69) is 15.8 Å². The molecule has 0 atom stereocenters. The van der Waals surface area contributed by atoms with Gasteiger partial charge in [0.1, 0.15) is 18.8 Å². The van der Waals surface area contributed by atoms with E-state index >= 15 is 0 Å². The van der Waals surface area contributed by atoms with Crippen molar-refractivity contribution < 1.29 is 28.4 Å². The maximum Gasteiger partial charge on any atom is 0.282 e. The Labute approximate surface area is 199 Å². The number of hydrazone groups is 1. The predicted molar refractivity (Wildman–Crippen MR) is 126 cm³/mol. The second-order valence-corrected chi connectivity index (χ2v) is 7.09. The van der Waals surface area contributed by atoms with E-state index in [0.29, 0.717) is 0 Å². The van der Waals surface area contributed by atoms with Crippen LogP contribution in [0.1, 0.15) is 17.5 Å². The van der Waals surface area contributed by atoms with Gasteiger partial charge < -0.3 is 14.8 Å². The van der Waals surface area contributed by atoms with Crippen LogP contribution in [0, 0.1) is 15.9 Å². The van der Waals surface area contributed by atoms with Gasteiger partial charge in [0.25, 0.3) is 5.69 Å². The van der Waals surface area contributed by atoms with Crippen molar-refractivity contribution in [2.24, 2.45) is 5.10 Å². The molecular formula is C24H21FN4O6. The minimum atomic E-state index is -0.799. The third kappa shape index (κ3) is 7.09. The van der Waals surface area contributed by atoms with E-state index < -0.39 is 29.0 Å². The van der Waals surface area contributed by atoms with Crippen LogP contribution < -0.4 is 20.2 Å². The third-order valence-corrected chi connectivity index (χ3v) is 4.61. The number of amides is 2. The number of hydrogen-bond acceptors (Lipinski definition) is 7. The lowest BCUT2D eigenvalue weighted by Gasteiger charge is -2.12. The van der Waals surface area contributed by atoms with Gasteiger partial charge in [-0.25, -0.2) is 9.82 Å². The summed E-state index contributed by atoms with van der Waals surface area (Å²) in [5, 5.41) is 17.5. The molecule has 0 unspecified atom stereocenters. The Bertz CT molecular complexity index is 1250. The first-order valence-corrected chi connectivity index (χ1v) is 10.3. The summed E-state index contributed by atoms with van der Waals surface area (Å²) in [5.74, 6) is -1.81. The van der Waals surface area contributed by atoms with Gasteiger partial charge in [-0.1, -0.05) is 42.5 Å². The van der Waals surface area contributed by atoms with E-state index in [1.54, 1.807) is 0 Å². The van der Waals surface area contributed by atoms with Crippen LogP contribution in [0.3, 0.4) is 0 Å². The lowest BCUT2D eigenvalue weighted by atomic mass is 10.1. The maximum atomic E-state index is 13.6. The smallest absolute Gasteiger partial charge is 0.282 e. The minimum Gasteiger partial charge on any atom is -0.493 e. The summed E-state index contributed by atoms with van der Waals surface area (Å²) >= 11 is 0. The van der Waals surface area contributed by atoms with E-state index in [1.165, 1.54) is 43.5 Å². The number of para-hydroxylation sites is 1. The highest BCUT2D eigenvalue weighted by Crippen LogP contribution is 2.34. The second-order valence-electron chi connectivity index (χ2n) is 7.09. The van der Waals surface area contributed by atoms with Crippen LogP contribution in [-0.2, 0) is 16.2 Å². The molecule has 35 heavy (non-hydrogen) atoms. The summed E-state index contributed by atoms with van der Waals surface area (Å²) in [6.45, 7) is 0.173. The zero-order valence-corrected chi connectivity index (χ0v) is 18.6. The lowest BCUT2D eigenvalue weighted by Crippen LogP contribution is -2.25. The Morgan fingerprint density at radius 2 is 1.77 bits per heavy atom. The third-order valence-electron chi connectivity index (χ3n) is 4.61. The first-order valence-electron chi connectivity index (χ1n) is 10.3. The topological polar surface area (TPSA) is 132 Å². The van der Waals surface area contributed by atoms with Crippen molar-refractivity contribution in [3.05, 3.63) is 93.8 Å². The van der Waals surface area contributed by atoms with Crippen LogP contribution in [0.25, 0.3) is 0 Å². The molecule has 0 aliphatic carbocycles. The second kappa shape index (κ2) is 11.9. The van der Waals surface area contributed by atoms with E-state index in [1.807, 2.05) is 30.3 Å². The number of ether oxygens (including phenoxy) is 2. The Hall–Kier alpha value is -4.80. The molecule has 0 saturated heterocycles. The molecule has 3 aromatic carbocycles. The number of nitrogens with one attached hydrogen (secondary N) is 2. The summed E-state index contributed by atoms with van der Waals surface area (Å²) in [6, 6.07) is 17.3. The normalized spacial score (nSPS) is 10.6. The standard InChI is InChI=1S/C24H21FN4O6/c1-34-21-11-17(20(29(32)33)12-22(21)35-15-16-7-3-2-4-8-16)14-26-28-24(31)13-23(30)27-19-10-6-5-9-18(19)25/h2-12,14H,13,15H2,1H3,(H,27,30)(H,28,31). The molecule has 0 radical (unpaired) electrons. The van der Waals surface area contributed by atoms with E-state index in [4.69, 9.17) is 9.47 Å². The van der Waals surface area contributed by atoms with Gasteiger partial charge in [-0.2, -0.15) is 5.10 Å². The van der Waals surface area contributed by atoms with Gasteiger partial charge >= 0.3 is 0 Å². The van der Waals surface area contributed by atoms with Gasteiger partial charge in [-0.3, -0.25) is 19.7 Å². The SMILES string of the molecule is COc1cc(C=NNC(=O)CC(=O)Nc2ccccc2F)c([N+](=O)[O-])cc1OCc1ccccc1. The summed E-state index contributed by atoms with van der Waals surface area (Å²) in [7, 11) is 1.38. The number of hydrogen-bond donors (Lipinski definition) is 2. The Morgan fingerprint density at radius 1 is 1.06 bits per heavy atom. The fourth-order valence-corrected chi connectivity index (χ4v) is 2.95. The highest BCUT2D eigenvalue weighted by atomic mass is 19.1. The van der Waals surface area contributed by atoms with Gasteiger partial charge in [-0.15, -0.1) is 0 Å². The number of nitro groups is 1.